The molecule has 1 aromatic carbocycles. The largest absolute Gasteiger partial charge is 0.507 e. The van der Waals surface area contributed by atoms with Crippen LogP contribution in [0.15, 0.2) is 4.90 Å². The smallest absolute Gasteiger partial charge is 0.121 e. The number of phenols is 1. The van der Waals surface area contributed by atoms with Gasteiger partial charge in [0.1, 0.15) is 5.75 Å². The molecule has 3 heteroatoms. The molecule has 0 amide bonds. The second-order valence-electron chi connectivity index (χ2n) is 3.63. The molecule has 0 aliphatic heterocycles. The number of aromatic hydroxyl groups is 1. The summed E-state index contributed by atoms with van der Waals surface area (Å²) in [6, 6.07) is 0. The maximum atomic E-state index is 11.5. The summed E-state index contributed by atoms with van der Waals surface area (Å²) >= 11 is 0. The zero-order valence-electron chi connectivity index (χ0n) is 9.26. The Bertz CT molecular complexity index is 379. The molecule has 1 rings (SSSR count). The first-order chi connectivity index (χ1) is 6.37. The highest BCUT2D eigenvalue weighted by Crippen LogP contribution is 2.32. The van der Waals surface area contributed by atoms with Crippen molar-refractivity contribution in [3.63, 3.8) is 0 Å². The third-order valence-corrected chi connectivity index (χ3v) is 3.99. The first kappa shape index (κ1) is 11.2. The Morgan fingerprint density at radius 3 is 1.57 bits per heavy atom. The predicted molar refractivity (Wildman–Crippen MR) is 59.4 cm³/mol. The van der Waals surface area contributed by atoms with Crippen LogP contribution < -0.4 is 0 Å². The lowest BCUT2D eigenvalue weighted by Gasteiger charge is -2.15. The maximum absolute atomic E-state index is 11.5. The van der Waals surface area contributed by atoms with E-state index in [0.29, 0.717) is 5.75 Å². The zero-order chi connectivity index (χ0) is 11.0. The van der Waals surface area contributed by atoms with Crippen LogP contribution in [0.25, 0.3) is 0 Å². The van der Waals surface area contributed by atoms with Gasteiger partial charge in [0.15, 0.2) is 0 Å². The SMILES string of the molecule is Cc1c(C)c(S(C)=O)c(C)c(C)c1O. The van der Waals surface area contributed by atoms with Crippen LogP contribution in [0.5, 0.6) is 5.75 Å². The van der Waals surface area contributed by atoms with Crippen molar-refractivity contribution in [2.24, 2.45) is 0 Å². The normalized spacial score (nSPS) is 12.9. The molecule has 1 aromatic rings. The van der Waals surface area contributed by atoms with E-state index >= 15 is 0 Å². The van der Waals surface area contributed by atoms with E-state index in [0.717, 1.165) is 27.1 Å². The van der Waals surface area contributed by atoms with Gasteiger partial charge in [0.05, 0.1) is 10.8 Å². The first-order valence-electron chi connectivity index (χ1n) is 4.50. The molecule has 0 heterocycles. The van der Waals surface area contributed by atoms with Gasteiger partial charge in [-0.1, -0.05) is 0 Å². The molecule has 0 aliphatic rings. The van der Waals surface area contributed by atoms with Gasteiger partial charge < -0.3 is 5.11 Å². The van der Waals surface area contributed by atoms with Gasteiger partial charge in [-0.2, -0.15) is 0 Å². The van der Waals surface area contributed by atoms with E-state index in [1.54, 1.807) is 6.26 Å². The number of hydrogen-bond donors (Lipinski definition) is 1. The van der Waals surface area contributed by atoms with E-state index in [4.69, 9.17) is 0 Å². The molecule has 0 saturated heterocycles. The van der Waals surface area contributed by atoms with Crippen LogP contribution in [0.2, 0.25) is 0 Å². The lowest BCUT2D eigenvalue weighted by molar-refractivity contribution is 0.464. The van der Waals surface area contributed by atoms with Gasteiger partial charge in [-0.3, -0.25) is 4.21 Å². The van der Waals surface area contributed by atoms with E-state index < -0.39 is 10.8 Å². The number of rotatable bonds is 1. The van der Waals surface area contributed by atoms with Gasteiger partial charge in [0.25, 0.3) is 0 Å². The minimum atomic E-state index is -0.992. The van der Waals surface area contributed by atoms with Gasteiger partial charge in [0.2, 0.25) is 0 Å². The fraction of sp³-hybridized carbons (Fsp3) is 0.455. The van der Waals surface area contributed by atoms with Crippen LogP contribution in [0.4, 0.5) is 0 Å². The predicted octanol–water partition coefficient (Wildman–Crippen LogP) is 2.36. The van der Waals surface area contributed by atoms with Gasteiger partial charge in [-0.05, 0) is 49.9 Å². The Hall–Kier alpha value is -0.830. The fourth-order valence-electron chi connectivity index (χ4n) is 1.69. The molecule has 14 heavy (non-hydrogen) atoms. The third kappa shape index (κ3) is 1.57. The topological polar surface area (TPSA) is 37.3 Å². The lowest BCUT2D eigenvalue weighted by Crippen LogP contribution is -2.01. The third-order valence-electron chi connectivity index (χ3n) is 2.80. The molecule has 1 N–H and O–H groups in total. The van der Waals surface area contributed by atoms with E-state index in [1.165, 1.54) is 0 Å². The van der Waals surface area contributed by atoms with Gasteiger partial charge in [-0.25, -0.2) is 0 Å². The van der Waals surface area contributed by atoms with E-state index in [-0.39, 0.29) is 0 Å². The Labute approximate surface area is 87.4 Å². The Balaban J connectivity index is 3.68. The molecule has 0 radical (unpaired) electrons. The van der Waals surface area contributed by atoms with E-state index in [2.05, 4.69) is 0 Å². The van der Waals surface area contributed by atoms with Crippen molar-refractivity contribution >= 4 is 10.8 Å². The summed E-state index contributed by atoms with van der Waals surface area (Å²) < 4.78 is 11.5. The number of phenolic OH excluding ortho intramolecular Hbond substituents is 1. The van der Waals surface area contributed by atoms with E-state index in [1.807, 2.05) is 27.7 Å². The van der Waals surface area contributed by atoms with Crippen molar-refractivity contribution in [3.8, 4) is 5.75 Å². The Morgan fingerprint density at radius 1 is 0.929 bits per heavy atom. The molecule has 2 nitrogen and oxygen atoms in total. The van der Waals surface area contributed by atoms with Crippen LogP contribution in [-0.2, 0) is 10.8 Å². The molecule has 0 aliphatic carbocycles. The van der Waals surface area contributed by atoms with Crippen molar-refractivity contribution < 1.29 is 9.32 Å². The molecule has 1 atom stereocenters. The minimum Gasteiger partial charge on any atom is -0.507 e. The molecule has 0 aromatic heterocycles. The van der Waals surface area contributed by atoms with Crippen molar-refractivity contribution in [2.75, 3.05) is 6.26 Å². The molecular weight excluding hydrogens is 196 g/mol. The average Bonchev–Trinajstić information content (AvgIpc) is 2.11. The minimum absolute atomic E-state index is 0.328. The summed E-state index contributed by atoms with van der Waals surface area (Å²) in [6.45, 7) is 7.51. The van der Waals surface area contributed by atoms with Gasteiger partial charge in [0, 0.05) is 11.2 Å². The van der Waals surface area contributed by atoms with E-state index in [9.17, 15) is 9.32 Å². The highest BCUT2D eigenvalue weighted by atomic mass is 32.2. The van der Waals surface area contributed by atoms with Crippen LogP contribution in [0, 0.1) is 27.7 Å². The first-order valence-corrected chi connectivity index (χ1v) is 6.06. The molecular formula is C11H16O2S. The average molecular weight is 212 g/mol. The second-order valence-corrected chi connectivity index (χ2v) is 4.95. The molecule has 0 saturated carbocycles. The number of hydrogen-bond acceptors (Lipinski definition) is 2. The molecule has 1 unspecified atom stereocenters. The molecule has 0 fully saturated rings. The monoisotopic (exact) mass is 212 g/mol. The van der Waals surface area contributed by atoms with Crippen molar-refractivity contribution in [1.29, 1.82) is 0 Å². The summed E-state index contributed by atoms with van der Waals surface area (Å²) in [4.78, 5) is 0.859. The maximum Gasteiger partial charge on any atom is 0.121 e. The quantitative estimate of drug-likeness (QED) is 0.776. The molecule has 0 spiro atoms. The number of benzene rings is 1. The summed E-state index contributed by atoms with van der Waals surface area (Å²) in [5.74, 6) is 0.328. The molecule has 78 valence electrons. The van der Waals surface area contributed by atoms with Crippen LogP contribution >= 0.6 is 0 Å². The van der Waals surface area contributed by atoms with Crippen molar-refractivity contribution in [3.05, 3.63) is 22.3 Å². The van der Waals surface area contributed by atoms with Crippen molar-refractivity contribution in [2.45, 2.75) is 32.6 Å². The fourth-order valence-corrected chi connectivity index (χ4v) is 2.86. The van der Waals surface area contributed by atoms with Crippen LogP contribution in [0.3, 0.4) is 0 Å². The Kier molecular flexibility index (Phi) is 3.00. The second kappa shape index (κ2) is 3.73. The van der Waals surface area contributed by atoms with Crippen molar-refractivity contribution in [1.82, 2.24) is 0 Å². The summed E-state index contributed by atoms with van der Waals surface area (Å²) in [5.41, 5.74) is 3.54. The summed E-state index contributed by atoms with van der Waals surface area (Å²) in [5, 5.41) is 9.78. The highest BCUT2D eigenvalue weighted by Gasteiger charge is 2.15. The van der Waals surface area contributed by atoms with Gasteiger partial charge in [-0.15, -0.1) is 0 Å². The lowest BCUT2D eigenvalue weighted by atomic mass is 10.00. The summed E-state index contributed by atoms with van der Waals surface area (Å²) in [6.07, 6.45) is 1.67. The van der Waals surface area contributed by atoms with Gasteiger partial charge >= 0.3 is 0 Å². The van der Waals surface area contributed by atoms with Crippen LogP contribution in [0.1, 0.15) is 22.3 Å². The summed E-state index contributed by atoms with van der Waals surface area (Å²) in [7, 11) is -0.992. The zero-order valence-corrected chi connectivity index (χ0v) is 10.1. The van der Waals surface area contributed by atoms with Crippen LogP contribution in [-0.4, -0.2) is 15.6 Å². The highest BCUT2D eigenvalue weighted by molar-refractivity contribution is 7.84. The standard InChI is InChI=1S/C11H16O2S/c1-6-8(3)11(14(5)13)9(4)7(2)10(6)12/h12H,1-5H3. The Morgan fingerprint density at radius 2 is 1.29 bits per heavy atom. The molecule has 0 bridgehead atoms.